The van der Waals surface area contributed by atoms with Crippen molar-refractivity contribution in [3.63, 3.8) is 0 Å². The molecule has 0 saturated heterocycles. The zero-order chi connectivity index (χ0) is 37.5. The minimum atomic E-state index is -4.36. The van der Waals surface area contributed by atoms with E-state index in [0.717, 1.165) is 47.9 Å². The average molecular weight is 699 g/mol. The molecule has 274 valence electrons. The molecule has 0 radical (unpaired) electrons. The summed E-state index contributed by atoms with van der Waals surface area (Å²) in [5.41, 5.74) is 19.3. The van der Waals surface area contributed by atoms with Crippen molar-refractivity contribution < 1.29 is 17.9 Å². The summed E-state index contributed by atoms with van der Waals surface area (Å²) in [5.74, 6) is 0.123. The van der Waals surface area contributed by atoms with Crippen LogP contribution in [-0.4, -0.2) is 45.7 Å². The average Bonchev–Trinajstić information content (AvgIpc) is 3.41. The van der Waals surface area contributed by atoms with Crippen molar-refractivity contribution in [3.05, 3.63) is 93.2 Å². The predicted molar refractivity (Wildman–Crippen MR) is 195 cm³/mol. The number of nitrogens with one attached hydrogen (secondary N) is 2. The zero-order valence-corrected chi connectivity index (χ0v) is 30.5. The molecule has 4 aromatic rings. The molecule has 13 heteroatoms. The molecule has 2 heterocycles. The van der Waals surface area contributed by atoms with Crippen molar-refractivity contribution in [2.75, 3.05) is 19.7 Å². The first-order valence-corrected chi connectivity index (χ1v) is 16.6. The minimum absolute atomic E-state index is 0.0352. The fourth-order valence-electron chi connectivity index (χ4n) is 4.81. The van der Waals surface area contributed by atoms with E-state index in [1.165, 1.54) is 6.07 Å². The highest BCUT2D eigenvalue weighted by Gasteiger charge is 2.32. The third-order valence-corrected chi connectivity index (χ3v) is 7.59. The van der Waals surface area contributed by atoms with Crippen LogP contribution in [0.1, 0.15) is 89.8 Å². The zero-order valence-electron chi connectivity index (χ0n) is 30.5. The number of guanidine groups is 1. The molecule has 0 aliphatic heterocycles. The summed E-state index contributed by atoms with van der Waals surface area (Å²) < 4.78 is 46.0. The molecule has 2 aromatic carbocycles. The Balaban J connectivity index is 0.000000286. The number of H-pyrrole nitrogens is 1. The van der Waals surface area contributed by atoms with Crippen LogP contribution >= 0.6 is 0 Å². The Morgan fingerprint density at radius 3 is 2.12 bits per heavy atom. The number of aliphatic imine (C=N–C) groups is 1. The Kier molecular flexibility index (Phi) is 13.0. The number of hydrogen-bond acceptors (Lipinski definition) is 6. The van der Waals surface area contributed by atoms with Crippen LogP contribution in [0.3, 0.4) is 0 Å². The van der Waals surface area contributed by atoms with Gasteiger partial charge in [-0.3, -0.25) is 9.56 Å². The predicted octanol–water partition coefficient (Wildman–Crippen LogP) is 6.02. The lowest BCUT2D eigenvalue weighted by atomic mass is 9.85. The van der Waals surface area contributed by atoms with Gasteiger partial charge < -0.3 is 32.2 Å². The molecule has 10 nitrogen and oxygen atoms in total. The summed E-state index contributed by atoms with van der Waals surface area (Å²) in [6, 6.07) is 14.0. The SMILES string of the molecule is CC(C)(C)c1cc2cn(-c3ccc(CNCCCN=C(N)N)cc3)c(=O)nc2[nH]1.CC(C)(N)COCc1cc(C(C)(C)C)cc(C(F)(F)F)c1. The molecule has 4 rings (SSSR count). The summed E-state index contributed by atoms with van der Waals surface area (Å²) >= 11 is 0. The Labute approximate surface area is 292 Å². The quantitative estimate of drug-likeness (QED) is 0.0727. The number of ether oxygens (including phenoxy) is 1. The van der Waals surface area contributed by atoms with Crippen molar-refractivity contribution in [1.82, 2.24) is 19.9 Å². The Bertz CT molecular complexity index is 1750. The standard InChI is InChI=1S/C21H29N7O.C16H24F3NO/c1-21(2,3)17-11-15-13-28(20(29)27-18(15)26-17)16-7-5-14(6-8-16)12-24-9-4-10-25-19(22)23;1-14(2,3)12-6-11(9-21-10-15(4,5)20)7-13(8-12)16(17,18)19/h5-8,11,13,24H,4,9-10,12H2,1-3H3,(H4,22,23,25)(H,26,27,29);6-8H,9-10,20H2,1-5H3. The molecule has 8 N–H and O–H groups in total. The van der Waals surface area contributed by atoms with Crippen LogP contribution in [-0.2, 0) is 34.9 Å². The second-order valence-electron chi connectivity index (χ2n) is 15.3. The second-order valence-corrected chi connectivity index (χ2v) is 15.3. The number of nitrogens with two attached hydrogens (primary N) is 3. The normalized spacial score (nSPS) is 12.5. The maximum absolute atomic E-state index is 13.0. The molecule has 0 atom stereocenters. The highest BCUT2D eigenvalue weighted by molar-refractivity contribution is 5.76. The number of aromatic nitrogens is 3. The maximum Gasteiger partial charge on any atom is 0.416 e. The molecular weight excluding hydrogens is 645 g/mol. The molecule has 0 unspecified atom stereocenters. The number of fused-ring (bicyclic) bond motifs is 1. The molecule has 0 aliphatic carbocycles. The van der Waals surface area contributed by atoms with E-state index in [1.54, 1.807) is 24.5 Å². The van der Waals surface area contributed by atoms with E-state index >= 15 is 0 Å². The van der Waals surface area contributed by atoms with E-state index in [2.05, 4.69) is 47.1 Å². The molecular formula is C37H53F3N8O2. The van der Waals surface area contributed by atoms with Gasteiger partial charge in [0, 0.05) is 41.3 Å². The first kappa shape index (κ1) is 40.2. The van der Waals surface area contributed by atoms with E-state index < -0.39 is 17.3 Å². The number of aromatic amines is 1. The highest BCUT2D eigenvalue weighted by Crippen LogP contribution is 2.34. The molecule has 0 amide bonds. The molecule has 2 aromatic heterocycles. The van der Waals surface area contributed by atoms with Crippen molar-refractivity contribution in [2.45, 2.75) is 97.5 Å². The van der Waals surface area contributed by atoms with E-state index in [0.29, 0.717) is 23.3 Å². The summed E-state index contributed by atoms with van der Waals surface area (Å²) in [4.78, 5) is 23.9. The van der Waals surface area contributed by atoms with Gasteiger partial charge in [0.05, 0.1) is 24.5 Å². The van der Waals surface area contributed by atoms with Crippen molar-refractivity contribution in [1.29, 1.82) is 0 Å². The lowest BCUT2D eigenvalue weighted by Gasteiger charge is -2.23. The summed E-state index contributed by atoms with van der Waals surface area (Å²) in [7, 11) is 0. The van der Waals surface area contributed by atoms with Gasteiger partial charge in [-0.25, -0.2) is 4.79 Å². The topological polar surface area (TPSA) is 162 Å². The Morgan fingerprint density at radius 2 is 1.56 bits per heavy atom. The van der Waals surface area contributed by atoms with Crippen molar-refractivity contribution >= 4 is 17.0 Å². The Morgan fingerprint density at radius 1 is 0.920 bits per heavy atom. The summed E-state index contributed by atoms with van der Waals surface area (Å²) in [5, 5.41) is 4.27. The largest absolute Gasteiger partial charge is 0.416 e. The van der Waals surface area contributed by atoms with Crippen LogP contribution in [0.4, 0.5) is 13.2 Å². The number of alkyl halides is 3. The summed E-state index contributed by atoms with van der Waals surface area (Å²) in [6.45, 7) is 18.2. The van der Waals surface area contributed by atoms with E-state index in [-0.39, 0.29) is 35.7 Å². The van der Waals surface area contributed by atoms with Crippen LogP contribution in [0.2, 0.25) is 0 Å². The number of rotatable bonds is 11. The van der Waals surface area contributed by atoms with Gasteiger partial charge in [0.1, 0.15) is 5.65 Å². The van der Waals surface area contributed by atoms with Crippen LogP contribution in [0.15, 0.2) is 64.5 Å². The molecule has 0 aliphatic rings. The first-order valence-electron chi connectivity index (χ1n) is 16.6. The highest BCUT2D eigenvalue weighted by atomic mass is 19.4. The fraction of sp³-hybridized carbons (Fsp3) is 0.486. The smallest absolute Gasteiger partial charge is 0.375 e. The van der Waals surface area contributed by atoms with E-state index in [1.807, 2.05) is 51.2 Å². The van der Waals surface area contributed by atoms with Gasteiger partial charge in [-0.2, -0.15) is 18.2 Å². The van der Waals surface area contributed by atoms with Gasteiger partial charge in [-0.05, 0) is 79.3 Å². The van der Waals surface area contributed by atoms with Crippen molar-refractivity contribution in [2.24, 2.45) is 22.2 Å². The molecule has 50 heavy (non-hydrogen) atoms. The van der Waals surface area contributed by atoms with Gasteiger partial charge in [0.15, 0.2) is 5.96 Å². The monoisotopic (exact) mass is 698 g/mol. The summed E-state index contributed by atoms with van der Waals surface area (Å²) in [6.07, 6.45) is -1.65. The number of nitrogens with zero attached hydrogens (tertiary/aromatic N) is 3. The van der Waals surface area contributed by atoms with Gasteiger partial charge in [-0.15, -0.1) is 0 Å². The minimum Gasteiger partial charge on any atom is -0.375 e. The molecule has 0 fully saturated rings. The molecule has 0 saturated carbocycles. The third kappa shape index (κ3) is 12.6. The van der Waals surface area contributed by atoms with E-state index in [9.17, 15) is 18.0 Å². The third-order valence-electron chi connectivity index (χ3n) is 7.59. The Hall–Kier alpha value is -4.20. The maximum atomic E-state index is 13.0. The van der Waals surface area contributed by atoms with Gasteiger partial charge >= 0.3 is 11.9 Å². The van der Waals surface area contributed by atoms with Crippen LogP contribution in [0, 0.1) is 0 Å². The first-order chi connectivity index (χ1) is 23.0. The van der Waals surface area contributed by atoms with Crippen molar-refractivity contribution in [3.8, 4) is 5.69 Å². The molecule has 0 bridgehead atoms. The lowest BCUT2D eigenvalue weighted by Crippen LogP contribution is -2.37. The number of hydrogen-bond donors (Lipinski definition) is 5. The van der Waals surface area contributed by atoms with Gasteiger partial charge in [0.25, 0.3) is 0 Å². The second kappa shape index (κ2) is 16.2. The van der Waals surface area contributed by atoms with Crippen LogP contribution in [0.5, 0.6) is 0 Å². The molecule has 0 spiro atoms. The number of halogens is 3. The van der Waals surface area contributed by atoms with Gasteiger partial charge in [-0.1, -0.05) is 59.7 Å². The fourth-order valence-corrected chi connectivity index (χ4v) is 4.81. The van der Waals surface area contributed by atoms with Crippen LogP contribution in [0.25, 0.3) is 16.7 Å². The van der Waals surface area contributed by atoms with Crippen LogP contribution < -0.4 is 28.2 Å². The van der Waals surface area contributed by atoms with E-state index in [4.69, 9.17) is 21.9 Å². The van der Waals surface area contributed by atoms with Gasteiger partial charge in [0.2, 0.25) is 0 Å². The lowest BCUT2D eigenvalue weighted by molar-refractivity contribution is -0.137. The number of benzene rings is 2.